The zero-order valence-electron chi connectivity index (χ0n) is 11.4. The van der Waals surface area contributed by atoms with E-state index in [0.29, 0.717) is 17.9 Å². The topological polar surface area (TPSA) is 43.6 Å². The maximum absolute atomic E-state index is 13.0. The van der Waals surface area contributed by atoms with E-state index >= 15 is 0 Å². The zero-order chi connectivity index (χ0) is 14.8. The lowest BCUT2D eigenvalue weighted by Crippen LogP contribution is -2.07. The van der Waals surface area contributed by atoms with Crippen molar-refractivity contribution in [3.05, 3.63) is 60.3 Å². The number of hydrogen-bond acceptors (Lipinski definition) is 3. The van der Waals surface area contributed by atoms with Crippen molar-refractivity contribution in [2.24, 2.45) is 0 Å². The van der Waals surface area contributed by atoms with E-state index in [1.165, 1.54) is 18.3 Å². The Morgan fingerprint density at radius 2 is 1.90 bits per heavy atom. The van der Waals surface area contributed by atoms with Crippen molar-refractivity contribution in [3.8, 4) is 11.1 Å². The summed E-state index contributed by atoms with van der Waals surface area (Å²) in [4.78, 5) is 16.1. The lowest BCUT2D eigenvalue weighted by atomic mass is 10.1. The van der Waals surface area contributed by atoms with Crippen LogP contribution >= 0.6 is 0 Å². The second kappa shape index (κ2) is 5.36. The maximum atomic E-state index is 13.0. The first-order valence-corrected chi connectivity index (χ1v) is 6.59. The van der Waals surface area contributed by atoms with Crippen molar-refractivity contribution >= 4 is 11.6 Å². The molecule has 3 aromatic rings. The van der Waals surface area contributed by atoms with Crippen LogP contribution in [0, 0.1) is 5.82 Å². The number of imidazole rings is 1. The molecule has 21 heavy (non-hydrogen) atoms. The van der Waals surface area contributed by atoms with Crippen LogP contribution in [0.3, 0.4) is 0 Å². The molecule has 5 heteroatoms. The summed E-state index contributed by atoms with van der Waals surface area (Å²) < 4.78 is 19.7. The number of rotatable bonds is 3. The third kappa shape index (κ3) is 2.50. The Bertz CT molecular complexity index is 794. The van der Waals surface area contributed by atoms with Crippen molar-refractivity contribution in [1.82, 2.24) is 9.38 Å². The third-order valence-electron chi connectivity index (χ3n) is 3.17. The highest BCUT2D eigenvalue weighted by molar-refractivity contribution is 5.88. The molecule has 0 saturated carbocycles. The average Bonchev–Trinajstić information content (AvgIpc) is 2.91. The van der Waals surface area contributed by atoms with Gasteiger partial charge in [-0.1, -0.05) is 12.1 Å². The summed E-state index contributed by atoms with van der Waals surface area (Å²) in [6, 6.07) is 9.88. The van der Waals surface area contributed by atoms with Crippen molar-refractivity contribution in [1.29, 1.82) is 0 Å². The molecule has 0 atom stereocenters. The summed E-state index contributed by atoms with van der Waals surface area (Å²) in [7, 11) is 0. The van der Waals surface area contributed by atoms with Gasteiger partial charge in [-0.3, -0.25) is 4.40 Å². The molecule has 2 aromatic heterocycles. The van der Waals surface area contributed by atoms with E-state index in [1.54, 1.807) is 35.7 Å². The summed E-state index contributed by atoms with van der Waals surface area (Å²) in [6.07, 6.45) is 3.28. The Hall–Kier alpha value is -2.69. The quantitative estimate of drug-likeness (QED) is 0.693. The highest BCUT2D eigenvalue weighted by Crippen LogP contribution is 2.21. The van der Waals surface area contributed by atoms with Crippen LogP contribution in [0.15, 0.2) is 48.8 Å². The molecule has 0 saturated heterocycles. The highest BCUT2D eigenvalue weighted by atomic mass is 19.1. The van der Waals surface area contributed by atoms with E-state index in [2.05, 4.69) is 4.98 Å². The van der Waals surface area contributed by atoms with Crippen molar-refractivity contribution in [3.63, 3.8) is 0 Å². The van der Waals surface area contributed by atoms with Gasteiger partial charge in [0.05, 0.1) is 12.8 Å². The Morgan fingerprint density at radius 3 is 2.62 bits per heavy atom. The average molecular weight is 284 g/mol. The van der Waals surface area contributed by atoms with E-state index in [1.807, 2.05) is 6.07 Å². The first kappa shape index (κ1) is 13.3. The SMILES string of the molecule is CCOC(=O)c1cnc2ccc(-c3ccc(F)cc3)cn12. The molecule has 0 bridgehead atoms. The second-order valence-corrected chi connectivity index (χ2v) is 4.52. The molecule has 0 aliphatic heterocycles. The number of fused-ring (bicyclic) bond motifs is 1. The van der Waals surface area contributed by atoms with E-state index in [0.717, 1.165) is 11.1 Å². The number of ether oxygens (including phenoxy) is 1. The molecule has 0 unspecified atom stereocenters. The fourth-order valence-electron chi connectivity index (χ4n) is 2.15. The number of pyridine rings is 1. The molecule has 0 aliphatic rings. The maximum Gasteiger partial charge on any atom is 0.356 e. The number of carbonyl (C=O) groups is 1. The van der Waals surface area contributed by atoms with Crippen LogP contribution in [0.4, 0.5) is 4.39 Å². The Balaban J connectivity index is 2.08. The van der Waals surface area contributed by atoms with Crippen LogP contribution in [0.25, 0.3) is 16.8 Å². The van der Waals surface area contributed by atoms with Gasteiger partial charge < -0.3 is 4.74 Å². The Labute approximate surface area is 120 Å². The number of esters is 1. The molecule has 106 valence electrons. The molecule has 0 amide bonds. The Kier molecular flexibility index (Phi) is 3.39. The van der Waals surface area contributed by atoms with E-state index < -0.39 is 5.97 Å². The summed E-state index contributed by atoms with van der Waals surface area (Å²) in [6.45, 7) is 2.06. The summed E-state index contributed by atoms with van der Waals surface area (Å²) >= 11 is 0. The van der Waals surface area contributed by atoms with Gasteiger partial charge in [0, 0.05) is 6.20 Å². The van der Waals surface area contributed by atoms with Crippen LogP contribution in [0.2, 0.25) is 0 Å². The lowest BCUT2D eigenvalue weighted by Gasteiger charge is -2.05. The second-order valence-electron chi connectivity index (χ2n) is 4.52. The highest BCUT2D eigenvalue weighted by Gasteiger charge is 2.13. The smallest absolute Gasteiger partial charge is 0.356 e. The van der Waals surface area contributed by atoms with Crippen molar-refractivity contribution in [2.45, 2.75) is 6.92 Å². The molecule has 0 spiro atoms. The minimum atomic E-state index is -0.416. The molecule has 0 aliphatic carbocycles. The fraction of sp³-hybridized carbons (Fsp3) is 0.125. The van der Waals surface area contributed by atoms with Crippen LogP contribution < -0.4 is 0 Å². The zero-order valence-corrected chi connectivity index (χ0v) is 11.4. The molecular weight excluding hydrogens is 271 g/mol. The molecular formula is C16H13FN2O2. The third-order valence-corrected chi connectivity index (χ3v) is 3.17. The van der Waals surface area contributed by atoms with Crippen LogP contribution in [-0.2, 0) is 4.74 Å². The predicted octanol–water partition coefficient (Wildman–Crippen LogP) is 3.32. The molecule has 1 aromatic carbocycles. The van der Waals surface area contributed by atoms with Gasteiger partial charge in [0.25, 0.3) is 0 Å². The monoisotopic (exact) mass is 284 g/mol. The van der Waals surface area contributed by atoms with Gasteiger partial charge in [-0.2, -0.15) is 0 Å². The number of hydrogen-bond donors (Lipinski definition) is 0. The molecule has 2 heterocycles. The molecule has 3 rings (SSSR count). The van der Waals surface area contributed by atoms with Gasteiger partial charge in [-0.05, 0) is 42.3 Å². The standard InChI is InChI=1S/C16H13FN2O2/c1-2-21-16(20)14-9-18-15-8-5-12(10-19(14)15)11-3-6-13(17)7-4-11/h3-10H,2H2,1H3. The van der Waals surface area contributed by atoms with Crippen LogP contribution in [0.1, 0.15) is 17.4 Å². The van der Waals surface area contributed by atoms with Crippen molar-refractivity contribution in [2.75, 3.05) is 6.61 Å². The number of carbonyl (C=O) groups excluding carboxylic acids is 1. The first-order chi connectivity index (χ1) is 10.2. The normalized spacial score (nSPS) is 10.8. The van der Waals surface area contributed by atoms with Gasteiger partial charge in [-0.15, -0.1) is 0 Å². The van der Waals surface area contributed by atoms with Gasteiger partial charge >= 0.3 is 5.97 Å². The van der Waals surface area contributed by atoms with Gasteiger partial charge in [0.2, 0.25) is 0 Å². The summed E-state index contributed by atoms with van der Waals surface area (Å²) in [5, 5.41) is 0. The van der Waals surface area contributed by atoms with Gasteiger partial charge in [0.15, 0.2) is 5.69 Å². The lowest BCUT2D eigenvalue weighted by molar-refractivity contribution is 0.0518. The fourth-order valence-corrected chi connectivity index (χ4v) is 2.15. The molecule has 0 fully saturated rings. The van der Waals surface area contributed by atoms with E-state index in [4.69, 9.17) is 4.74 Å². The molecule has 4 nitrogen and oxygen atoms in total. The number of aromatic nitrogens is 2. The minimum absolute atomic E-state index is 0.283. The van der Waals surface area contributed by atoms with Crippen LogP contribution in [-0.4, -0.2) is 22.0 Å². The number of benzene rings is 1. The van der Waals surface area contributed by atoms with Gasteiger partial charge in [0.1, 0.15) is 11.5 Å². The van der Waals surface area contributed by atoms with Gasteiger partial charge in [-0.25, -0.2) is 14.2 Å². The summed E-state index contributed by atoms with van der Waals surface area (Å²) in [5.41, 5.74) is 2.76. The predicted molar refractivity (Wildman–Crippen MR) is 76.5 cm³/mol. The number of halogens is 1. The van der Waals surface area contributed by atoms with E-state index in [9.17, 15) is 9.18 Å². The minimum Gasteiger partial charge on any atom is -0.461 e. The largest absolute Gasteiger partial charge is 0.461 e. The van der Waals surface area contributed by atoms with Crippen molar-refractivity contribution < 1.29 is 13.9 Å². The number of nitrogens with zero attached hydrogens (tertiary/aromatic N) is 2. The van der Waals surface area contributed by atoms with Crippen LogP contribution in [0.5, 0.6) is 0 Å². The van der Waals surface area contributed by atoms with E-state index in [-0.39, 0.29) is 5.82 Å². The Morgan fingerprint density at radius 1 is 1.19 bits per heavy atom. The summed E-state index contributed by atoms with van der Waals surface area (Å²) in [5.74, 6) is -0.698. The molecule has 0 N–H and O–H groups in total. The first-order valence-electron chi connectivity index (χ1n) is 6.59. The molecule has 0 radical (unpaired) electrons.